The van der Waals surface area contributed by atoms with Gasteiger partial charge < -0.3 is 19.9 Å². The van der Waals surface area contributed by atoms with Crippen LogP contribution in [0, 0.1) is 11.8 Å². The Kier molecular flexibility index (Phi) is 2.47. The molecule has 15 heavy (non-hydrogen) atoms. The van der Waals surface area contributed by atoms with E-state index < -0.39 is 5.97 Å². The van der Waals surface area contributed by atoms with Crippen LogP contribution in [0.15, 0.2) is 0 Å². The molecule has 0 amide bonds. The van der Waals surface area contributed by atoms with E-state index in [0.717, 1.165) is 45.5 Å². The second-order valence-corrected chi connectivity index (χ2v) is 5.01. The Bertz CT molecular complexity index is 216. The van der Waals surface area contributed by atoms with Crippen molar-refractivity contribution in [1.82, 2.24) is 0 Å². The van der Waals surface area contributed by atoms with Crippen LogP contribution < -0.4 is 5.73 Å². The summed E-state index contributed by atoms with van der Waals surface area (Å²) >= 11 is 0. The molecular formula is C11H19NO3. The second kappa shape index (κ2) is 3.70. The van der Waals surface area contributed by atoms with Crippen LogP contribution in [0.2, 0.25) is 0 Å². The van der Waals surface area contributed by atoms with Gasteiger partial charge in [-0.3, -0.25) is 0 Å². The molecule has 0 aromatic heterocycles. The Hall–Kier alpha value is -0.160. The largest absolute Gasteiger partial charge is 0.328 e. The first-order valence-corrected chi connectivity index (χ1v) is 5.96. The highest BCUT2D eigenvalue weighted by Crippen LogP contribution is 2.42. The third-order valence-corrected chi connectivity index (χ3v) is 3.83. The van der Waals surface area contributed by atoms with E-state index in [2.05, 4.69) is 0 Å². The fourth-order valence-corrected chi connectivity index (χ4v) is 2.80. The van der Waals surface area contributed by atoms with Crippen molar-refractivity contribution in [1.29, 1.82) is 0 Å². The lowest BCUT2D eigenvalue weighted by molar-refractivity contribution is -0.469. The van der Waals surface area contributed by atoms with Crippen molar-refractivity contribution in [3.8, 4) is 0 Å². The van der Waals surface area contributed by atoms with E-state index >= 15 is 0 Å². The van der Waals surface area contributed by atoms with Crippen molar-refractivity contribution in [2.75, 3.05) is 19.8 Å². The zero-order valence-electron chi connectivity index (χ0n) is 8.98. The summed E-state index contributed by atoms with van der Waals surface area (Å²) in [5.74, 6) is 0.103. The van der Waals surface area contributed by atoms with Crippen molar-refractivity contribution in [2.24, 2.45) is 17.6 Å². The average Bonchev–Trinajstić information content (AvgIpc) is 2.32. The van der Waals surface area contributed by atoms with Gasteiger partial charge in [-0.2, -0.15) is 0 Å². The third-order valence-electron chi connectivity index (χ3n) is 3.83. The molecule has 4 fully saturated rings. The van der Waals surface area contributed by atoms with E-state index in [9.17, 15) is 0 Å². The molecule has 2 N–H and O–H groups in total. The average molecular weight is 213 g/mol. The molecule has 0 radical (unpaired) electrons. The van der Waals surface area contributed by atoms with Crippen LogP contribution in [0.1, 0.15) is 25.7 Å². The van der Waals surface area contributed by atoms with Crippen LogP contribution in [0.3, 0.4) is 0 Å². The van der Waals surface area contributed by atoms with Crippen LogP contribution in [0.25, 0.3) is 0 Å². The molecule has 4 heteroatoms. The number of nitrogens with two attached hydrogens (primary N) is 1. The SMILES string of the molecule is NC1CCC(C23OCC(CO2)CO3)CC1. The normalized spacial score (nSPS) is 50.6. The lowest BCUT2D eigenvalue weighted by Crippen LogP contribution is -2.58. The minimum absolute atomic E-state index is 0.359. The van der Waals surface area contributed by atoms with Gasteiger partial charge in [-0.1, -0.05) is 0 Å². The van der Waals surface area contributed by atoms with Crippen LogP contribution in [-0.2, 0) is 14.2 Å². The van der Waals surface area contributed by atoms with Crippen LogP contribution in [0.5, 0.6) is 0 Å². The fraction of sp³-hybridized carbons (Fsp3) is 1.00. The molecule has 86 valence electrons. The quantitative estimate of drug-likeness (QED) is 0.701. The molecule has 3 saturated heterocycles. The molecule has 4 aliphatic rings. The summed E-state index contributed by atoms with van der Waals surface area (Å²) in [6, 6.07) is 0.359. The maximum absolute atomic E-state index is 5.90. The lowest BCUT2D eigenvalue weighted by atomic mass is 9.84. The Morgan fingerprint density at radius 1 is 0.867 bits per heavy atom. The molecular weight excluding hydrogens is 194 g/mol. The van der Waals surface area contributed by atoms with Crippen LogP contribution >= 0.6 is 0 Å². The highest BCUT2D eigenvalue weighted by atomic mass is 16.9. The van der Waals surface area contributed by atoms with E-state index in [-0.39, 0.29) is 0 Å². The first-order valence-electron chi connectivity index (χ1n) is 5.96. The molecule has 0 aromatic carbocycles. The zero-order valence-corrected chi connectivity index (χ0v) is 8.98. The van der Waals surface area contributed by atoms with E-state index in [1.54, 1.807) is 0 Å². The van der Waals surface area contributed by atoms with Crippen molar-refractivity contribution in [3.63, 3.8) is 0 Å². The van der Waals surface area contributed by atoms with Crippen molar-refractivity contribution >= 4 is 0 Å². The van der Waals surface area contributed by atoms with E-state index in [0.29, 0.717) is 17.9 Å². The van der Waals surface area contributed by atoms with Gasteiger partial charge in [-0.25, -0.2) is 0 Å². The lowest BCUT2D eigenvalue weighted by Gasteiger charge is -2.50. The summed E-state index contributed by atoms with van der Waals surface area (Å²) in [4.78, 5) is 0. The van der Waals surface area contributed by atoms with Crippen molar-refractivity contribution < 1.29 is 14.2 Å². The summed E-state index contributed by atoms with van der Waals surface area (Å²) in [5, 5.41) is 0. The predicted molar refractivity (Wildman–Crippen MR) is 54.0 cm³/mol. The van der Waals surface area contributed by atoms with Gasteiger partial charge in [-0.15, -0.1) is 0 Å². The topological polar surface area (TPSA) is 53.7 Å². The first kappa shape index (κ1) is 10.0. The molecule has 3 aliphatic heterocycles. The van der Waals surface area contributed by atoms with E-state index in [4.69, 9.17) is 19.9 Å². The fourth-order valence-electron chi connectivity index (χ4n) is 2.80. The van der Waals surface area contributed by atoms with Gasteiger partial charge in [-0.05, 0) is 25.7 Å². The number of rotatable bonds is 1. The number of hydrogen-bond donors (Lipinski definition) is 1. The number of fused-ring (bicyclic) bond motifs is 3. The van der Waals surface area contributed by atoms with Gasteiger partial charge in [0.2, 0.25) is 0 Å². The molecule has 1 aliphatic carbocycles. The molecule has 0 unspecified atom stereocenters. The molecule has 2 bridgehead atoms. The zero-order chi connectivity index (χ0) is 10.3. The first-order chi connectivity index (χ1) is 7.28. The van der Waals surface area contributed by atoms with E-state index in [1.165, 1.54) is 0 Å². The number of ether oxygens (including phenoxy) is 3. The third kappa shape index (κ3) is 1.69. The van der Waals surface area contributed by atoms with E-state index in [1.807, 2.05) is 0 Å². The predicted octanol–water partition coefficient (Wildman–Crippen LogP) is 0.851. The summed E-state index contributed by atoms with van der Waals surface area (Å²) in [5.41, 5.74) is 5.90. The molecule has 0 spiro atoms. The van der Waals surface area contributed by atoms with Crippen LogP contribution in [-0.4, -0.2) is 31.8 Å². The summed E-state index contributed by atoms with van der Waals surface area (Å²) in [7, 11) is 0. The Morgan fingerprint density at radius 2 is 1.40 bits per heavy atom. The van der Waals surface area contributed by atoms with Gasteiger partial charge >= 0.3 is 0 Å². The number of hydrogen-bond acceptors (Lipinski definition) is 4. The molecule has 4 nitrogen and oxygen atoms in total. The Labute approximate surface area is 90.1 Å². The summed E-state index contributed by atoms with van der Waals surface area (Å²) in [6.07, 6.45) is 4.25. The van der Waals surface area contributed by atoms with Gasteiger partial charge in [0.15, 0.2) is 0 Å². The Morgan fingerprint density at radius 3 is 1.93 bits per heavy atom. The molecule has 4 rings (SSSR count). The monoisotopic (exact) mass is 213 g/mol. The maximum atomic E-state index is 5.90. The highest BCUT2D eigenvalue weighted by Gasteiger charge is 2.50. The van der Waals surface area contributed by atoms with Gasteiger partial charge in [0.05, 0.1) is 19.8 Å². The standard InChI is InChI=1S/C11H19NO3/c12-10-3-1-9(2-4-10)11-13-5-8(6-14-11)7-15-11/h8-10H,1-7,12H2. The van der Waals surface area contributed by atoms with Crippen LogP contribution in [0.4, 0.5) is 0 Å². The smallest absolute Gasteiger partial charge is 0.285 e. The molecule has 0 atom stereocenters. The maximum Gasteiger partial charge on any atom is 0.285 e. The molecule has 1 saturated carbocycles. The van der Waals surface area contributed by atoms with Crippen molar-refractivity contribution in [2.45, 2.75) is 37.7 Å². The minimum Gasteiger partial charge on any atom is -0.328 e. The second-order valence-electron chi connectivity index (χ2n) is 5.01. The molecule has 0 aromatic rings. The summed E-state index contributed by atoms with van der Waals surface area (Å²) < 4.78 is 17.3. The minimum atomic E-state index is -0.713. The molecule has 3 heterocycles. The van der Waals surface area contributed by atoms with Crippen molar-refractivity contribution in [3.05, 3.63) is 0 Å². The Balaban J connectivity index is 1.69. The van der Waals surface area contributed by atoms with Gasteiger partial charge in [0, 0.05) is 17.9 Å². The van der Waals surface area contributed by atoms with Gasteiger partial charge in [0.1, 0.15) is 0 Å². The highest BCUT2D eigenvalue weighted by molar-refractivity contribution is 4.85. The van der Waals surface area contributed by atoms with Gasteiger partial charge in [0.25, 0.3) is 5.97 Å². The summed E-state index contributed by atoms with van der Waals surface area (Å²) in [6.45, 7) is 2.38.